The molecule has 2 aromatic heterocycles. The van der Waals surface area contributed by atoms with Gasteiger partial charge in [-0.05, 0) is 23.8 Å². The van der Waals surface area contributed by atoms with Crippen LogP contribution in [0.15, 0.2) is 41.3 Å². The Balaban J connectivity index is 1.98. The van der Waals surface area contributed by atoms with Crippen LogP contribution in [0.4, 0.5) is 5.69 Å². The molecule has 0 spiro atoms. The monoisotopic (exact) mass is 343 g/mol. The second-order valence-corrected chi connectivity index (χ2v) is 5.69. The van der Waals surface area contributed by atoms with Gasteiger partial charge in [0.1, 0.15) is 5.39 Å². The van der Waals surface area contributed by atoms with Crippen molar-refractivity contribution in [2.75, 3.05) is 11.8 Å². The molecule has 8 heteroatoms. The summed E-state index contributed by atoms with van der Waals surface area (Å²) in [4.78, 5) is 16.7. The summed E-state index contributed by atoms with van der Waals surface area (Å²) in [5.41, 5.74) is 2.61. The van der Waals surface area contributed by atoms with Gasteiger partial charge >= 0.3 is 0 Å². The number of nitrogens with two attached hydrogens (primary N) is 1. The molecule has 0 atom stereocenters. The molecule has 0 fully saturated rings. The molecular weight excluding hydrogens is 326 g/mol. The van der Waals surface area contributed by atoms with Gasteiger partial charge in [-0.2, -0.15) is 5.10 Å². The zero-order chi connectivity index (χ0) is 17.1. The number of nitrogens with zero attached hydrogens (tertiary/aromatic N) is 3. The third-order valence-electron chi connectivity index (χ3n) is 3.66. The normalized spacial score (nSPS) is 10.8. The van der Waals surface area contributed by atoms with E-state index in [1.165, 1.54) is 11.8 Å². The van der Waals surface area contributed by atoms with Crippen molar-refractivity contribution in [3.63, 3.8) is 0 Å². The largest absolute Gasteiger partial charge is 0.480 e. The quantitative estimate of drug-likeness (QED) is 0.683. The maximum atomic E-state index is 12.2. The van der Waals surface area contributed by atoms with Crippen molar-refractivity contribution < 1.29 is 4.74 Å². The first-order valence-corrected chi connectivity index (χ1v) is 8.11. The molecule has 0 aliphatic rings. The molecule has 0 amide bonds. The summed E-state index contributed by atoms with van der Waals surface area (Å²) in [6.45, 7) is 0. The Morgan fingerprint density at radius 2 is 2.08 bits per heavy atom. The van der Waals surface area contributed by atoms with Crippen molar-refractivity contribution in [3.05, 3.63) is 58.1 Å². The van der Waals surface area contributed by atoms with E-state index in [0.717, 1.165) is 34.5 Å². The Bertz CT molecular complexity index is 924. The maximum absolute atomic E-state index is 12.2. The summed E-state index contributed by atoms with van der Waals surface area (Å²) in [5.74, 6) is 0.323. The highest BCUT2D eigenvalue weighted by Crippen LogP contribution is 2.22. The number of hydrogen-bond donors (Lipinski definition) is 2. The molecule has 3 N–H and O–H groups in total. The fourth-order valence-electron chi connectivity index (χ4n) is 2.48. The molecule has 3 rings (SSSR count). The van der Waals surface area contributed by atoms with Crippen molar-refractivity contribution >= 4 is 28.6 Å². The van der Waals surface area contributed by atoms with Crippen LogP contribution in [0.3, 0.4) is 0 Å². The molecule has 7 nitrogen and oxygen atoms in total. The highest BCUT2D eigenvalue weighted by Gasteiger charge is 2.12. The molecule has 0 saturated heterocycles. The molecule has 2 heterocycles. The van der Waals surface area contributed by atoms with Crippen LogP contribution in [0.2, 0.25) is 0 Å². The van der Waals surface area contributed by atoms with Crippen LogP contribution in [-0.2, 0) is 13.5 Å². The van der Waals surface area contributed by atoms with Gasteiger partial charge in [-0.15, -0.1) is 0 Å². The van der Waals surface area contributed by atoms with Crippen molar-refractivity contribution in [1.29, 1.82) is 0 Å². The van der Waals surface area contributed by atoms with E-state index in [1.807, 2.05) is 30.3 Å². The van der Waals surface area contributed by atoms with E-state index in [0.29, 0.717) is 17.7 Å². The van der Waals surface area contributed by atoms with Crippen molar-refractivity contribution in [1.82, 2.24) is 14.8 Å². The van der Waals surface area contributed by atoms with Crippen LogP contribution in [0.25, 0.3) is 10.8 Å². The summed E-state index contributed by atoms with van der Waals surface area (Å²) in [6, 6.07) is 9.77. The average molecular weight is 343 g/mol. The Hall–Kier alpha value is -2.58. The van der Waals surface area contributed by atoms with E-state index in [1.54, 1.807) is 13.2 Å². The lowest BCUT2D eigenvalue weighted by molar-refractivity contribution is 0.401. The molecule has 124 valence electrons. The van der Waals surface area contributed by atoms with Crippen LogP contribution in [0.5, 0.6) is 5.88 Å². The number of hydrogen-bond acceptors (Lipinski definition) is 7. The molecule has 0 bridgehead atoms. The SMILES string of the molecule is COc1nc(Cc2ccc(NSN)cc2)cc2cnn(C)c(=O)c12. The summed E-state index contributed by atoms with van der Waals surface area (Å²) >= 11 is 1.06. The lowest BCUT2D eigenvalue weighted by Gasteiger charge is -2.09. The number of nitrogens with one attached hydrogen (secondary N) is 1. The average Bonchev–Trinajstić information content (AvgIpc) is 2.59. The summed E-state index contributed by atoms with van der Waals surface area (Å²) < 4.78 is 9.55. The molecule has 0 radical (unpaired) electrons. The lowest BCUT2D eigenvalue weighted by Crippen LogP contribution is -2.20. The molecular formula is C16H17N5O2S. The molecule has 3 aromatic rings. The standard InChI is InChI=1S/C16H17N5O2S/c1-21-16(22)14-11(9-18-21)8-13(19-15(14)23-2)7-10-3-5-12(6-4-10)20-24-17/h3-6,8-9,20H,7,17H2,1-2H3. The molecule has 0 aliphatic carbocycles. The van der Waals surface area contributed by atoms with E-state index in [-0.39, 0.29) is 5.56 Å². The number of pyridine rings is 1. The number of aryl methyl sites for hydroxylation is 1. The van der Waals surface area contributed by atoms with Crippen molar-refractivity contribution in [2.45, 2.75) is 6.42 Å². The van der Waals surface area contributed by atoms with Crippen LogP contribution < -0.4 is 20.2 Å². The molecule has 0 unspecified atom stereocenters. The van der Waals surface area contributed by atoms with E-state index < -0.39 is 0 Å². The molecule has 0 aliphatic heterocycles. The van der Waals surface area contributed by atoms with Crippen molar-refractivity contribution in [2.24, 2.45) is 12.2 Å². The topological polar surface area (TPSA) is 95.1 Å². The predicted octanol–water partition coefficient (Wildman–Crippen LogP) is 1.86. The number of ether oxygens (including phenoxy) is 1. The fraction of sp³-hybridized carbons (Fsp3) is 0.188. The Labute approximate surface area is 143 Å². The number of anilines is 1. The Kier molecular flexibility index (Phi) is 4.68. The van der Waals surface area contributed by atoms with E-state index in [4.69, 9.17) is 9.88 Å². The third kappa shape index (κ3) is 3.19. The van der Waals surface area contributed by atoms with Crippen molar-refractivity contribution in [3.8, 4) is 5.88 Å². The van der Waals surface area contributed by atoms with E-state index in [2.05, 4.69) is 14.8 Å². The van der Waals surface area contributed by atoms with Crippen LogP contribution in [-0.4, -0.2) is 21.9 Å². The predicted molar refractivity (Wildman–Crippen MR) is 96.0 cm³/mol. The number of methoxy groups -OCH3 is 1. The van der Waals surface area contributed by atoms with Gasteiger partial charge in [-0.1, -0.05) is 12.1 Å². The van der Waals surface area contributed by atoms with Gasteiger partial charge in [0.25, 0.3) is 5.56 Å². The number of fused-ring (bicyclic) bond motifs is 1. The van der Waals surface area contributed by atoms with Crippen LogP contribution in [0.1, 0.15) is 11.3 Å². The van der Waals surface area contributed by atoms with Crippen LogP contribution >= 0.6 is 12.1 Å². The first kappa shape index (κ1) is 16.3. The smallest absolute Gasteiger partial charge is 0.279 e. The van der Waals surface area contributed by atoms with Gasteiger partial charge in [0.05, 0.1) is 13.3 Å². The van der Waals surface area contributed by atoms with Gasteiger partial charge in [0.2, 0.25) is 5.88 Å². The van der Waals surface area contributed by atoms with Gasteiger partial charge in [0, 0.05) is 42.4 Å². The van der Waals surface area contributed by atoms with E-state index >= 15 is 0 Å². The Morgan fingerprint density at radius 1 is 1.33 bits per heavy atom. The zero-order valence-electron chi connectivity index (χ0n) is 13.3. The lowest BCUT2D eigenvalue weighted by atomic mass is 10.1. The highest BCUT2D eigenvalue weighted by molar-refractivity contribution is 7.98. The third-order valence-corrected chi connectivity index (χ3v) is 4.01. The molecule has 1 aromatic carbocycles. The van der Waals surface area contributed by atoms with Gasteiger partial charge in [-0.3, -0.25) is 9.93 Å². The number of rotatable bonds is 5. The van der Waals surface area contributed by atoms with Gasteiger partial charge in [-0.25, -0.2) is 9.67 Å². The maximum Gasteiger partial charge on any atom is 0.279 e. The second-order valence-electron chi connectivity index (χ2n) is 5.25. The highest BCUT2D eigenvalue weighted by atomic mass is 32.2. The minimum Gasteiger partial charge on any atom is -0.480 e. The fourth-order valence-corrected chi connectivity index (χ4v) is 2.75. The number of aromatic nitrogens is 3. The number of benzene rings is 1. The first-order chi connectivity index (χ1) is 11.6. The summed E-state index contributed by atoms with van der Waals surface area (Å²) in [7, 11) is 3.11. The van der Waals surface area contributed by atoms with E-state index in [9.17, 15) is 4.79 Å². The second kappa shape index (κ2) is 6.90. The van der Waals surface area contributed by atoms with Crippen LogP contribution in [0, 0.1) is 0 Å². The van der Waals surface area contributed by atoms with Gasteiger partial charge in [0.15, 0.2) is 0 Å². The summed E-state index contributed by atoms with van der Waals surface area (Å²) in [5, 5.41) is 10.6. The molecule has 24 heavy (non-hydrogen) atoms. The minimum atomic E-state index is -0.224. The summed E-state index contributed by atoms with van der Waals surface area (Å²) in [6.07, 6.45) is 2.27. The zero-order valence-corrected chi connectivity index (χ0v) is 14.1. The minimum absolute atomic E-state index is 0.224. The molecule has 0 saturated carbocycles. The van der Waals surface area contributed by atoms with Gasteiger partial charge < -0.3 is 9.46 Å². The Morgan fingerprint density at radius 3 is 2.75 bits per heavy atom. The first-order valence-electron chi connectivity index (χ1n) is 7.23.